The van der Waals surface area contributed by atoms with Crippen LogP contribution in [0.1, 0.15) is 43.7 Å². The maximum atomic E-state index is 12.3. The molecule has 23 heavy (non-hydrogen) atoms. The van der Waals surface area contributed by atoms with E-state index in [0.29, 0.717) is 5.41 Å². The lowest BCUT2D eigenvalue weighted by Gasteiger charge is -2.49. The third-order valence-corrected chi connectivity index (χ3v) is 5.88. The summed E-state index contributed by atoms with van der Waals surface area (Å²) in [7, 11) is 0. The summed E-state index contributed by atoms with van der Waals surface area (Å²) in [6, 6.07) is 8.90. The van der Waals surface area contributed by atoms with Crippen LogP contribution in [0.2, 0.25) is 0 Å². The summed E-state index contributed by atoms with van der Waals surface area (Å²) >= 11 is 0. The lowest BCUT2D eigenvalue weighted by atomic mass is 9.76. The number of rotatable bonds is 5. The van der Waals surface area contributed by atoms with Gasteiger partial charge < -0.3 is 10.0 Å². The van der Waals surface area contributed by atoms with E-state index < -0.39 is 0 Å². The number of amides is 1. The van der Waals surface area contributed by atoms with Gasteiger partial charge in [0.15, 0.2) is 0 Å². The number of aliphatic hydroxyl groups is 1. The summed E-state index contributed by atoms with van der Waals surface area (Å²) in [5, 5.41) is 9.30. The molecule has 2 aliphatic rings. The van der Waals surface area contributed by atoms with Crippen molar-refractivity contribution >= 4 is 5.91 Å². The molecule has 3 rings (SSSR count). The molecular weight excluding hydrogens is 286 g/mol. The summed E-state index contributed by atoms with van der Waals surface area (Å²) < 4.78 is 0. The fourth-order valence-corrected chi connectivity index (χ4v) is 4.41. The zero-order chi connectivity index (χ0) is 16.4. The van der Waals surface area contributed by atoms with Crippen LogP contribution in [-0.4, -0.2) is 35.6 Å². The minimum atomic E-state index is -0.197. The quantitative estimate of drug-likeness (QED) is 0.906. The molecule has 1 saturated carbocycles. The van der Waals surface area contributed by atoms with Crippen molar-refractivity contribution in [2.45, 2.75) is 46.0 Å². The second kappa shape index (κ2) is 6.64. The van der Waals surface area contributed by atoms with Crippen LogP contribution in [0.3, 0.4) is 0 Å². The Morgan fingerprint density at radius 2 is 2.04 bits per heavy atom. The van der Waals surface area contributed by atoms with Crippen LogP contribution < -0.4 is 0 Å². The van der Waals surface area contributed by atoms with Crippen LogP contribution in [-0.2, 0) is 11.2 Å². The fourth-order valence-electron chi connectivity index (χ4n) is 4.41. The van der Waals surface area contributed by atoms with Crippen molar-refractivity contribution in [1.29, 1.82) is 0 Å². The van der Waals surface area contributed by atoms with Crippen molar-refractivity contribution in [2.75, 3.05) is 19.7 Å². The summed E-state index contributed by atoms with van der Waals surface area (Å²) in [5.74, 6) is 0.717. The number of hydrogen-bond donors (Lipinski definition) is 1. The molecule has 1 aromatic rings. The number of nitrogens with zero attached hydrogens (tertiary/aromatic N) is 1. The van der Waals surface area contributed by atoms with Crippen LogP contribution in [0.15, 0.2) is 24.3 Å². The van der Waals surface area contributed by atoms with Crippen molar-refractivity contribution < 1.29 is 9.90 Å². The largest absolute Gasteiger partial charge is 0.396 e. The summed E-state index contributed by atoms with van der Waals surface area (Å²) in [5.41, 5.74) is 3.13. The van der Waals surface area contributed by atoms with Crippen LogP contribution in [0, 0.1) is 24.2 Å². The molecule has 1 spiro atoms. The summed E-state index contributed by atoms with van der Waals surface area (Å²) in [4.78, 5) is 14.3. The average molecular weight is 315 g/mol. The normalized spacial score (nSPS) is 23.8. The number of carbonyl (C=O) groups is 1. The average Bonchev–Trinajstić information content (AvgIpc) is 2.93. The Labute approximate surface area is 139 Å². The van der Waals surface area contributed by atoms with Crippen molar-refractivity contribution in [3.8, 4) is 0 Å². The van der Waals surface area contributed by atoms with E-state index in [1.54, 1.807) is 0 Å². The molecular formula is C20H29NO2. The Balaban J connectivity index is 1.51. The SMILES string of the molecule is CC[C@H](CO)C(=O)N1CC2(CCC(Cc3ccc(C)cc3)C2)C1. The van der Waals surface area contributed by atoms with E-state index in [2.05, 4.69) is 31.2 Å². The molecule has 0 aromatic heterocycles. The minimum Gasteiger partial charge on any atom is -0.396 e. The monoisotopic (exact) mass is 315 g/mol. The zero-order valence-corrected chi connectivity index (χ0v) is 14.4. The topological polar surface area (TPSA) is 40.5 Å². The fraction of sp³-hybridized carbons (Fsp3) is 0.650. The van der Waals surface area contributed by atoms with E-state index in [1.165, 1.54) is 36.8 Å². The second-order valence-corrected chi connectivity index (χ2v) is 7.78. The minimum absolute atomic E-state index is 0.0190. The standard InChI is InChI=1S/C20H29NO2/c1-3-18(12-22)19(23)21-13-20(14-21)9-8-17(11-20)10-16-6-4-15(2)5-7-16/h4-7,17-18,22H,3,8-14H2,1-2H3/t17?,18-/m1/s1. The van der Waals surface area contributed by atoms with E-state index in [9.17, 15) is 9.90 Å². The highest BCUT2D eigenvalue weighted by Gasteiger charge is 2.49. The molecule has 0 radical (unpaired) electrons. The molecule has 1 aromatic carbocycles. The second-order valence-electron chi connectivity index (χ2n) is 7.78. The van der Waals surface area contributed by atoms with Gasteiger partial charge in [0.25, 0.3) is 0 Å². The molecule has 2 atom stereocenters. The van der Waals surface area contributed by atoms with Gasteiger partial charge in [0, 0.05) is 18.5 Å². The van der Waals surface area contributed by atoms with Crippen LogP contribution >= 0.6 is 0 Å². The lowest BCUT2D eigenvalue weighted by Crippen LogP contribution is -2.59. The first-order valence-corrected chi connectivity index (χ1v) is 9.00. The van der Waals surface area contributed by atoms with Gasteiger partial charge in [-0.2, -0.15) is 0 Å². The first kappa shape index (κ1) is 16.5. The smallest absolute Gasteiger partial charge is 0.228 e. The Morgan fingerprint density at radius 3 is 2.65 bits per heavy atom. The van der Waals surface area contributed by atoms with Gasteiger partial charge in [-0.1, -0.05) is 36.8 Å². The third kappa shape index (κ3) is 3.45. The van der Waals surface area contributed by atoms with Gasteiger partial charge in [-0.25, -0.2) is 0 Å². The number of likely N-dealkylation sites (tertiary alicyclic amines) is 1. The molecule has 1 saturated heterocycles. The Bertz CT molecular complexity index is 541. The van der Waals surface area contributed by atoms with Crippen LogP contribution in [0.5, 0.6) is 0 Å². The molecule has 2 fully saturated rings. The molecule has 1 N–H and O–H groups in total. The van der Waals surface area contributed by atoms with Crippen LogP contribution in [0.4, 0.5) is 0 Å². The number of benzene rings is 1. The first-order chi connectivity index (χ1) is 11.0. The number of aryl methyl sites for hydroxylation is 1. The molecule has 3 heteroatoms. The predicted octanol–water partition coefficient (Wildman–Crippen LogP) is 3.18. The number of hydrogen-bond acceptors (Lipinski definition) is 2. The molecule has 1 amide bonds. The maximum Gasteiger partial charge on any atom is 0.228 e. The van der Waals surface area contributed by atoms with E-state index in [1.807, 2.05) is 11.8 Å². The zero-order valence-electron chi connectivity index (χ0n) is 14.4. The molecule has 3 nitrogen and oxygen atoms in total. The molecule has 1 heterocycles. The van der Waals surface area contributed by atoms with Gasteiger partial charge in [0.05, 0.1) is 12.5 Å². The van der Waals surface area contributed by atoms with Gasteiger partial charge in [-0.3, -0.25) is 4.79 Å². The number of aliphatic hydroxyl groups excluding tert-OH is 1. The van der Waals surface area contributed by atoms with Gasteiger partial charge in [0.2, 0.25) is 5.91 Å². The maximum absolute atomic E-state index is 12.3. The highest BCUT2D eigenvalue weighted by molar-refractivity contribution is 5.80. The molecule has 1 aliphatic heterocycles. The Kier molecular flexibility index (Phi) is 4.77. The van der Waals surface area contributed by atoms with Gasteiger partial charge in [-0.05, 0) is 50.5 Å². The molecule has 1 aliphatic carbocycles. The van der Waals surface area contributed by atoms with Crippen molar-refractivity contribution in [2.24, 2.45) is 17.3 Å². The highest BCUT2D eigenvalue weighted by atomic mass is 16.3. The Morgan fingerprint density at radius 1 is 1.35 bits per heavy atom. The van der Waals surface area contributed by atoms with E-state index in [-0.39, 0.29) is 18.4 Å². The Hall–Kier alpha value is -1.35. The summed E-state index contributed by atoms with van der Waals surface area (Å²) in [6.07, 6.45) is 5.69. The van der Waals surface area contributed by atoms with Crippen molar-refractivity contribution in [3.05, 3.63) is 35.4 Å². The number of carbonyl (C=O) groups excluding carboxylic acids is 1. The van der Waals surface area contributed by atoms with E-state index in [4.69, 9.17) is 0 Å². The van der Waals surface area contributed by atoms with E-state index in [0.717, 1.165) is 25.4 Å². The van der Waals surface area contributed by atoms with Gasteiger partial charge in [0.1, 0.15) is 0 Å². The van der Waals surface area contributed by atoms with Gasteiger partial charge >= 0.3 is 0 Å². The predicted molar refractivity (Wildman–Crippen MR) is 92.1 cm³/mol. The van der Waals surface area contributed by atoms with Crippen LogP contribution in [0.25, 0.3) is 0 Å². The van der Waals surface area contributed by atoms with Gasteiger partial charge in [-0.15, -0.1) is 0 Å². The van der Waals surface area contributed by atoms with Crippen molar-refractivity contribution in [3.63, 3.8) is 0 Å². The lowest BCUT2D eigenvalue weighted by molar-refractivity contribution is -0.149. The van der Waals surface area contributed by atoms with Crippen molar-refractivity contribution in [1.82, 2.24) is 4.90 Å². The summed E-state index contributed by atoms with van der Waals surface area (Å²) in [6.45, 7) is 5.90. The molecule has 126 valence electrons. The molecule has 1 unspecified atom stereocenters. The van der Waals surface area contributed by atoms with E-state index >= 15 is 0 Å². The molecule has 0 bridgehead atoms. The highest BCUT2D eigenvalue weighted by Crippen LogP contribution is 2.49. The third-order valence-electron chi connectivity index (χ3n) is 5.88. The first-order valence-electron chi connectivity index (χ1n) is 9.00.